The molecule has 2 nitrogen and oxygen atoms in total. The van der Waals surface area contributed by atoms with E-state index >= 15 is 0 Å². The van der Waals surface area contributed by atoms with Gasteiger partial charge in [0.25, 0.3) is 0 Å². The van der Waals surface area contributed by atoms with Crippen LogP contribution in [0.3, 0.4) is 0 Å². The van der Waals surface area contributed by atoms with Crippen molar-refractivity contribution in [1.29, 1.82) is 0 Å². The second-order valence-corrected chi connectivity index (χ2v) is 3.07. The highest BCUT2D eigenvalue weighted by Crippen LogP contribution is 2.10. The molecule has 1 unspecified atom stereocenters. The monoisotopic (exact) mass is 138 g/mol. The largest absolute Gasteiger partial charge is 0.315 e. The van der Waals surface area contributed by atoms with Crippen molar-refractivity contribution in [2.45, 2.75) is 12.5 Å². The molecule has 0 aromatic rings. The molecule has 0 aromatic heterocycles. The molecule has 2 heterocycles. The molecule has 0 spiro atoms. The number of hydrogen-bond acceptors (Lipinski definition) is 2. The van der Waals surface area contributed by atoms with Crippen molar-refractivity contribution < 1.29 is 0 Å². The van der Waals surface area contributed by atoms with Gasteiger partial charge in [0.1, 0.15) is 0 Å². The molecule has 0 bridgehead atoms. The van der Waals surface area contributed by atoms with E-state index in [9.17, 15) is 0 Å². The maximum atomic E-state index is 3.38. The summed E-state index contributed by atoms with van der Waals surface area (Å²) in [5, 5.41) is 3.38. The third-order valence-corrected chi connectivity index (χ3v) is 2.40. The average molecular weight is 138 g/mol. The smallest absolute Gasteiger partial charge is 0.0239 e. The maximum absolute atomic E-state index is 3.38. The van der Waals surface area contributed by atoms with Gasteiger partial charge in [0.15, 0.2) is 0 Å². The van der Waals surface area contributed by atoms with Crippen molar-refractivity contribution >= 4 is 0 Å². The molecule has 2 heteroatoms. The molecule has 56 valence electrons. The zero-order chi connectivity index (χ0) is 6.81. The summed E-state index contributed by atoms with van der Waals surface area (Å²) in [4.78, 5) is 2.53. The quantitative estimate of drug-likeness (QED) is 0.521. The second-order valence-electron chi connectivity index (χ2n) is 3.07. The highest BCUT2D eigenvalue weighted by atomic mass is 15.2. The van der Waals surface area contributed by atoms with E-state index in [0.717, 1.165) is 6.04 Å². The van der Waals surface area contributed by atoms with Gasteiger partial charge in [-0.15, -0.1) is 0 Å². The lowest BCUT2D eigenvalue weighted by Crippen LogP contribution is -2.34. The number of rotatable bonds is 1. The third-order valence-electron chi connectivity index (χ3n) is 2.40. The van der Waals surface area contributed by atoms with Crippen LogP contribution in [0.15, 0.2) is 12.2 Å². The van der Waals surface area contributed by atoms with E-state index in [0.29, 0.717) is 0 Å². The van der Waals surface area contributed by atoms with Crippen LogP contribution in [-0.2, 0) is 0 Å². The second kappa shape index (κ2) is 2.72. The van der Waals surface area contributed by atoms with Crippen molar-refractivity contribution in [2.24, 2.45) is 0 Å². The molecule has 1 fully saturated rings. The maximum Gasteiger partial charge on any atom is 0.0239 e. The summed E-state index contributed by atoms with van der Waals surface area (Å²) < 4.78 is 0. The van der Waals surface area contributed by atoms with Crippen molar-refractivity contribution in [3.8, 4) is 0 Å². The van der Waals surface area contributed by atoms with Gasteiger partial charge in [0.05, 0.1) is 0 Å². The van der Waals surface area contributed by atoms with Gasteiger partial charge in [-0.25, -0.2) is 0 Å². The summed E-state index contributed by atoms with van der Waals surface area (Å²) in [5.41, 5.74) is 0. The van der Waals surface area contributed by atoms with E-state index < -0.39 is 0 Å². The Bertz CT molecular complexity index is 128. The van der Waals surface area contributed by atoms with Crippen LogP contribution in [0.5, 0.6) is 0 Å². The first-order chi connectivity index (χ1) is 4.97. The van der Waals surface area contributed by atoms with E-state index in [4.69, 9.17) is 0 Å². The predicted molar refractivity (Wildman–Crippen MR) is 42.0 cm³/mol. The van der Waals surface area contributed by atoms with E-state index in [-0.39, 0.29) is 0 Å². The van der Waals surface area contributed by atoms with E-state index in [1.807, 2.05) is 0 Å². The Morgan fingerprint density at radius 2 is 2.10 bits per heavy atom. The fourth-order valence-electron chi connectivity index (χ4n) is 1.74. The van der Waals surface area contributed by atoms with Crippen molar-refractivity contribution in [3.63, 3.8) is 0 Å². The number of nitrogens with one attached hydrogen (secondary N) is 1. The molecule has 0 saturated carbocycles. The topological polar surface area (TPSA) is 15.3 Å². The van der Waals surface area contributed by atoms with Crippen molar-refractivity contribution in [1.82, 2.24) is 10.2 Å². The number of hydrogen-bond donors (Lipinski definition) is 1. The Morgan fingerprint density at radius 3 is 2.70 bits per heavy atom. The zero-order valence-corrected chi connectivity index (χ0v) is 6.21. The highest BCUT2D eigenvalue weighted by molar-refractivity contribution is 4.99. The first-order valence-corrected chi connectivity index (χ1v) is 4.06. The van der Waals surface area contributed by atoms with Crippen LogP contribution in [0.1, 0.15) is 6.42 Å². The van der Waals surface area contributed by atoms with Crippen LogP contribution in [0, 0.1) is 0 Å². The Balaban J connectivity index is 1.87. The molecule has 2 aliphatic rings. The molecule has 2 rings (SSSR count). The molecule has 0 radical (unpaired) electrons. The Hall–Kier alpha value is -0.340. The summed E-state index contributed by atoms with van der Waals surface area (Å²) in [6.45, 7) is 4.75. The molecule has 1 N–H and O–H groups in total. The predicted octanol–water partition coefficient (Wildman–Crippen LogP) is 0.220. The van der Waals surface area contributed by atoms with Crippen molar-refractivity contribution in [3.05, 3.63) is 12.2 Å². The highest BCUT2D eigenvalue weighted by Gasteiger charge is 2.21. The van der Waals surface area contributed by atoms with Crippen LogP contribution >= 0.6 is 0 Å². The lowest BCUT2D eigenvalue weighted by molar-refractivity contribution is 0.269. The first-order valence-electron chi connectivity index (χ1n) is 4.06. The fraction of sp³-hybridized carbons (Fsp3) is 0.750. The minimum atomic E-state index is 0.815. The minimum absolute atomic E-state index is 0.815. The summed E-state index contributed by atoms with van der Waals surface area (Å²) in [6, 6.07) is 0.815. The Kier molecular flexibility index (Phi) is 1.74. The molecule has 1 atom stereocenters. The molecule has 2 aliphatic heterocycles. The average Bonchev–Trinajstić information content (AvgIpc) is 2.59. The summed E-state index contributed by atoms with van der Waals surface area (Å²) in [6.07, 6.45) is 5.86. The summed E-state index contributed by atoms with van der Waals surface area (Å²) >= 11 is 0. The molecule has 1 saturated heterocycles. The first kappa shape index (κ1) is 6.38. The third kappa shape index (κ3) is 1.09. The van der Waals surface area contributed by atoms with Gasteiger partial charge >= 0.3 is 0 Å². The van der Waals surface area contributed by atoms with E-state index in [1.54, 1.807) is 0 Å². The Morgan fingerprint density at radius 1 is 1.30 bits per heavy atom. The lowest BCUT2D eigenvalue weighted by atomic mass is 10.2. The fourth-order valence-corrected chi connectivity index (χ4v) is 1.74. The molecule has 0 aromatic carbocycles. The molecule has 0 aliphatic carbocycles. The summed E-state index contributed by atoms with van der Waals surface area (Å²) in [7, 11) is 0. The van der Waals surface area contributed by atoms with Gasteiger partial charge in [-0.2, -0.15) is 0 Å². The van der Waals surface area contributed by atoms with Gasteiger partial charge in [-0.3, -0.25) is 4.90 Å². The van der Waals surface area contributed by atoms with Crippen molar-refractivity contribution in [2.75, 3.05) is 26.2 Å². The van der Waals surface area contributed by atoms with Crippen LogP contribution in [0.25, 0.3) is 0 Å². The van der Waals surface area contributed by atoms with Crippen LogP contribution < -0.4 is 5.32 Å². The zero-order valence-electron chi connectivity index (χ0n) is 6.21. The normalized spacial score (nSPS) is 33.8. The lowest BCUT2D eigenvalue weighted by Gasteiger charge is -2.21. The van der Waals surface area contributed by atoms with Gasteiger partial charge < -0.3 is 5.32 Å². The standard InChI is InChI=1S/C8H14N2/c1-2-6-10(5-1)8-3-4-9-7-8/h1-2,8-9H,3-7H2. The van der Waals surface area contributed by atoms with Gasteiger partial charge in [-0.1, -0.05) is 12.2 Å². The van der Waals surface area contributed by atoms with Crippen LogP contribution in [0.2, 0.25) is 0 Å². The Labute approximate surface area is 61.9 Å². The molecular formula is C8H14N2. The van der Waals surface area contributed by atoms with Crippen LogP contribution in [-0.4, -0.2) is 37.1 Å². The van der Waals surface area contributed by atoms with E-state index in [2.05, 4.69) is 22.4 Å². The van der Waals surface area contributed by atoms with Gasteiger partial charge in [-0.05, 0) is 13.0 Å². The SMILES string of the molecule is C1=CCN(C2CCNC2)C1. The summed E-state index contributed by atoms with van der Waals surface area (Å²) in [5.74, 6) is 0. The number of nitrogens with zero attached hydrogens (tertiary/aromatic N) is 1. The van der Waals surface area contributed by atoms with Gasteiger partial charge in [0.2, 0.25) is 0 Å². The molecule has 10 heavy (non-hydrogen) atoms. The minimum Gasteiger partial charge on any atom is -0.315 e. The van der Waals surface area contributed by atoms with E-state index in [1.165, 1.54) is 32.6 Å². The van der Waals surface area contributed by atoms with Gasteiger partial charge in [0, 0.05) is 25.7 Å². The van der Waals surface area contributed by atoms with Crippen LogP contribution in [0.4, 0.5) is 0 Å². The molecule has 0 amide bonds. The molecular weight excluding hydrogens is 124 g/mol.